The summed E-state index contributed by atoms with van der Waals surface area (Å²) in [6, 6.07) is 27.4. The van der Waals surface area contributed by atoms with Gasteiger partial charge in [0.15, 0.2) is 0 Å². The van der Waals surface area contributed by atoms with E-state index in [1.807, 2.05) is 95.6 Å². The fourth-order valence-corrected chi connectivity index (χ4v) is 4.12. The average molecular weight is 481 g/mol. The third kappa shape index (κ3) is 6.69. The minimum Gasteiger partial charge on any atom is -0.353 e. The van der Waals surface area contributed by atoms with Gasteiger partial charge in [0, 0.05) is 31.8 Å². The maximum Gasteiger partial charge on any atom is 0.246 e. The van der Waals surface area contributed by atoms with Gasteiger partial charge >= 0.3 is 0 Å². The van der Waals surface area contributed by atoms with Gasteiger partial charge in [0.2, 0.25) is 11.8 Å². The number of carbonyl (C=O) groups is 2. The van der Waals surface area contributed by atoms with Gasteiger partial charge in [-0.3, -0.25) is 9.59 Å². The summed E-state index contributed by atoms with van der Waals surface area (Å²) in [4.78, 5) is 31.6. The van der Waals surface area contributed by atoms with Crippen molar-refractivity contribution < 1.29 is 9.59 Å². The minimum atomic E-state index is -0.0818. The number of nitrogens with zero attached hydrogens (tertiary/aromatic N) is 3. The second kappa shape index (κ2) is 12.5. The van der Waals surface area contributed by atoms with Crippen molar-refractivity contribution in [2.24, 2.45) is 0 Å². The molecule has 0 spiro atoms. The summed E-state index contributed by atoms with van der Waals surface area (Å²) in [7, 11) is 1.81. The van der Waals surface area contributed by atoms with Crippen LogP contribution in [0.2, 0.25) is 0 Å². The van der Waals surface area contributed by atoms with Crippen LogP contribution < -0.4 is 10.2 Å². The van der Waals surface area contributed by atoms with Crippen LogP contribution in [0.4, 0.5) is 5.69 Å². The summed E-state index contributed by atoms with van der Waals surface area (Å²) in [5, 5.41) is 2.94. The number of likely N-dealkylation sites (N-methyl/N-ethyl adjacent to an activating group) is 1. The van der Waals surface area contributed by atoms with E-state index in [1.54, 1.807) is 18.0 Å². The fourth-order valence-electron chi connectivity index (χ4n) is 4.12. The second-order valence-electron chi connectivity index (χ2n) is 8.74. The zero-order chi connectivity index (χ0) is 25.2. The van der Waals surface area contributed by atoms with Crippen LogP contribution >= 0.6 is 0 Å². The molecule has 0 saturated carbocycles. The first kappa shape index (κ1) is 24.9. The Kier molecular flexibility index (Phi) is 8.65. The Balaban J connectivity index is 1.29. The molecule has 0 fully saturated rings. The summed E-state index contributed by atoms with van der Waals surface area (Å²) in [6.45, 7) is 0.875. The number of benzene rings is 3. The number of para-hydroxylation sites is 3. The molecule has 1 heterocycles. The van der Waals surface area contributed by atoms with E-state index in [4.69, 9.17) is 4.98 Å². The molecular formula is C30H32N4O2. The maximum absolute atomic E-state index is 13.1. The van der Waals surface area contributed by atoms with Crippen LogP contribution in [-0.4, -0.2) is 35.0 Å². The topological polar surface area (TPSA) is 67.2 Å². The molecular weight excluding hydrogens is 448 g/mol. The summed E-state index contributed by atoms with van der Waals surface area (Å²) in [5.74, 6) is 0.847. The van der Waals surface area contributed by atoms with Gasteiger partial charge in [0.05, 0.1) is 11.0 Å². The molecule has 6 nitrogen and oxygen atoms in total. The van der Waals surface area contributed by atoms with Crippen LogP contribution in [0.15, 0.2) is 91.0 Å². The molecule has 0 bridgehead atoms. The monoisotopic (exact) mass is 480 g/mol. The summed E-state index contributed by atoms with van der Waals surface area (Å²) >= 11 is 0. The Morgan fingerprint density at radius 3 is 2.36 bits per heavy atom. The molecule has 4 rings (SSSR count). The molecule has 0 aliphatic rings. The van der Waals surface area contributed by atoms with Crippen LogP contribution in [0.1, 0.15) is 30.7 Å². The average Bonchev–Trinajstić information content (AvgIpc) is 3.27. The minimum absolute atomic E-state index is 0.0110. The molecule has 0 aliphatic heterocycles. The lowest BCUT2D eigenvalue weighted by atomic mass is 10.2. The Labute approximate surface area is 212 Å². The van der Waals surface area contributed by atoms with Gasteiger partial charge in [-0.05, 0) is 48.7 Å². The molecule has 2 amide bonds. The summed E-state index contributed by atoms with van der Waals surface area (Å²) in [6.07, 6.45) is 6.95. The van der Waals surface area contributed by atoms with Crippen LogP contribution in [0.25, 0.3) is 17.1 Å². The normalized spacial score (nSPS) is 11.1. The van der Waals surface area contributed by atoms with Crippen molar-refractivity contribution >= 4 is 34.6 Å². The molecule has 1 N–H and O–H groups in total. The quantitative estimate of drug-likeness (QED) is 0.236. The number of anilines is 1. The Morgan fingerprint density at radius 1 is 0.889 bits per heavy atom. The maximum atomic E-state index is 13.1. The molecule has 0 aliphatic carbocycles. The van der Waals surface area contributed by atoms with Crippen molar-refractivity contribution in [2.45, 2.75) is 32.2 Å². The second-order valence-corrected chi connectivity index (χ2v) is 8.74. The van der Waals surface area contributed by atoms with Gasteiger partial charge < -0.3 is 14.8 Å². The smallest absolute Gasteiger partial charge is 0.246 e. The fraction of sp³-hybridized carbons (Fsp3) is 0.233. The molecule has 184 valence electrons. The van der Waals surface area contributed by atoms with Crippen molar-refractivity contribution in [3.05, 3.63) is 102 Å². The van der Waals surface area contributed by atoms with Crippen molar-refractivity contribution in [1.82, 2.24) is 14.9 Å². The molecule has 1 aromatic heterocycles. The van der Waals surface area contributed by atoms with Gasteiger partial charge in [-0.2, -0.15) is 0 Å². The number of unbranched alkanes of at least 4 members (excludes halogenated alkanes) is 2. The van der Waals surface area contributed by atoms with Crippen molar-refractivity contribution in [1.29, 1.82) is 0 Å². The number of amides is 2. The van der Waals surface area contributed by atoms with Gasteiger partial charge in [-0.25, -0.2) is 4.98 Å². The third-order valence-corrected chi connectivity index (χ3v) is 6.15. The van der Waals surface area contributed by atoms with Crippen LogP contribution in [-0.2, 0) is 22.6 Å². The van der Waals surface area contributed by atoms with Crippen LogP contribution in [0.5, 0.6) is 0 Å². The Hall–Kier alpha value is -4.19. The molecule has 0 atom stereocenters. The van der Waals surface area contributed by atoms with Crippen molar-refractivity contribution in [2.75, 3.05) is 18.5 Å². The zero-order valence-corrected chi connectivity index (χ0v) is 20.6. The van der Waals surface area contributed by atoms with Crippen molar-refractivity contribution in [3.8, 4) is 0 Å². The highest BCUT2D eigenvalue weighted by atomic mass is 16.2. The van der Waals surface area contributed by atoms with Gasteiger partial charge in [0.1, 0.15) is 12.4 Å². The van der Waals surface area contributed by atoms with Crippen LogP contribution in [0, 0.1) is 0 Å². The first-order valence-corrected chi connectivity index (χ1v) is 12.4. The van der Waals surface area contributed by atoms with E-state index in [0.29, 0.717) is 6.54 Å². The van der Waals surface area contributed by atoms with E-state index in [0.717, 1.165) is 53.8 Å². The van der Waals surface area contributed by atoms with E-state index < -0.39 is 0 Å². The highest BCUT2D eigenvalue weighted by Crippen LogP contribution is 2.19. The van der Waals surface area contributed by atoms with Crippen molar-refractivity contribution in [3.63, 3.8) is 0 Å². The first-order valence-electron chi connectivity index (χ1n) is 12.4. The zero-order valence-electron chi connectivity index (χ0n) is 20.6. The number of imidazole rings is 1. The molecule has 0 radical (unpaired) electrons. The van der Waals surface area contributed by atoms with Gasteiger partial charge in [-0.15, -0.1) is 0 Å². The van der Waals surface area contributed by atoms with Crippen LogP contribution in [0.3, 0.4) is 0 Å². The van der Waals surface area contributed by atoms with E-state index in [1.165, 1.54) is 0 Å². The number of nitrogens with one attached hydrogen (secondary N) is 1. The molecule has 36 heavy (non-hydrogen) atoms. The standard InChI is InChI=1S/C30H32N4O2/c1-33(25-15-7-3-8-16-25)30(36)23-34-27-18-11-10-17-26(27)32-28(34)19-9-4-12-22-31-29(35)21-20-24-13-5-2-6-14-24/h2-3,5-8,10-11,13-18,20-21H,4,9,12,19,22-23H2,1H3,(H,31,35)/b21-20+. The number of rotatable bonds is 11. The first-order chi connectivity index (χ1) is 17.6. The SMILES string of the molecule is CN(C(=O)Cn1c(CCCCCNC(=O)/C=C/c2ccccc2)nc2ccccc21)c1ccccc1. The Morgan fingerprint density at radius 2 is 1.58 bits per heavy atom. The predicted molar refractivity (Wildman–Crippen MR) is 146 cm³/mol. The summed E-state index contributed by atoms with van der Waals surface area (Å²) in [5.41, 5.74) is 3.75. The lowest BCUT2D eigenvalue weighted by Crippen LogP contribution is -2.30. The van der Waals surface area contributed by atoms with E-state index >= 15 is 0 Å². The number of aryl methyl sites for hydroxylation is 1. The molecule has 0 saturated heterocycles. The number of fused-ring (bicyclic) bond motifs is 1. The van der Waals surface area contributed by atoms with E-state index in [9.17, 15) is 9.59 Å². The predicted octanol–water partition coefficient (Wildman–Crippen LogP) is 5.24. The number of carbonyl (C=O) groups excluding carboxylic acids is 2. The lowest BCUT2D eigenvalue weighted by molar-refractivity contribution is -0.119. The molecule has 6 heteroatoms. The van der Waals surface area contributed by atoms with E-state index in [-0.39, 0.29) is 18.4 Å². The number of hydrogen-bond acceptors (Lipinski definition) is 3. The van der Waals surface area contributed by atoms with Gasteiger partial charge in [0.25, 0.3) is 0 Å². The Bertz CT molecular complexity index is 1310. The number of hydrogen-bond donors (Lipinski definition) is 1. The summed E-state index contributed by atoms with van der Waals surface area (Å²) < 4.78 is 2.03. The largest absolute Gasteiger partial charge is 0.353 e. The third-order valence-electron chi connectivity index (χ3n) is 6.15. The lowest BCUT2D eigenvalue weighted by Gasteiger charge is -2.18. The highest BCUT2D eigenvalue weighted by molar-refractivity contribution is 5.93. The molecule has 0 unspecified atom stereocenters. The molecule has 3 aromatic carbocycles. The van der Waals surface area contributed by atoms with E-state index in [2.05, 4.69) is 5.32 Å². The molecule has 4 aromatic rings. The van der Waals surface area contributed by atoms with Gasteiger partial charge in [-0.1, -0.05) is 67.1 Å². The highest BCUT2D eigenvalue weighted by Gasteiger charge is 2.17. The number of aromatic nitrogens is 2.